The molecule has 0 aromatic heterocycles. The lowest BCUT2D eigenvalue weighted by Crippen LogP contribution is -2.13. The zero-order valence-electron chi connectivity index (χ0n) is 12.2. The number of hydrogen-bond acceptors (Lipinski definition) is 3. The van der Waals surface area contributed by atoms with Gasteiger partial charge in [-0.15, -0.1) is 0 Å². The highest BCUT2D eigenvalue weighted by Gasteiger charge is 2.20. The number of thioether (sulfide) groups is 1. The smallest absolute Gasteiger partial charge is 0.125 e. The van der Waals surface area contributed by atoms with Crippen LogP contribution in [0.1, 0.15) is 43.6 Å². The van der Waals surface area contributed by atoms with Crippen LogP contribution in [0.3, 0.4) is 0 Å². The summed E-state index contributed by atoms with van der Waals surface area (Å²) in [5.74, 6) is 1.47. The Kier molecular flexibility index (Phi) is 5.11. The molecule has 1 aromatic rings. The largest absolute Gasteiger partial charge is 0.496 e. The Morgan fingerprint density at radius 1 is 1.28 bits per heavy atom. The molecule has 1 rings (SSSR count). The second-order valence-corrected chi connectivity index (χ2v) is 7.48. The summed E-state index contributed by atoms with van der Waals surface area (Å²) in [7, 11) is 1.65. The van der Waals surface area contributed by atoms with E-state index in [9.17, 15) is 5.11 Å². The van der Waals surface area contributed by atoms with Crippen LogP contribution < -0.4 is 4.74 Å². The lowest BCUT2D eigenvalue weighted by molar-refractivity contribution is 0.198. The number of aliphatic hydroxyl groups is 1. The molecule has 0 bridgehead atoms. The van der Waals surface area contributed by atoms with E-state index in [0.29, 0.717) is 5.75 Å². The van der Waals surface area contributed by atoms with Gasteiger partial charge in [0.1, 0.15) is 5.75 Å². The Balaban J connectivity index is 2.94. The van der Waals surface area contributed by atoms with Crippen molar-refractivity contribution in [2.75, 3.05) is 12.9 Å². The summed E-state index contributed by atoms with van der Waals surface area (Å²) in [4.78, 5) is 0. The van der Waals surface area contributed by atoms with E-state index in [0.717, 1.165) is 22.4 Å². The highest BCUT2D eigenvalue weighted by Crippen LogP contribution is 2.34. The van der Waals surface area contributed by atoms with E-state index < -0.39 is 6.10 Å². The summed E-state index contributed by atoms with van der Waals surface area (Å²) in [5.41, 5.74) is 3.16. The topological polar surface area (TPSA) is 29.5 Å². The summed E-state index contributed by atoms with van der Waals surface area (Å²) in [6.07, 6.45) is -0.482. The minimum absolute atomic E-state index is 0.160. The average molecular weight is 268 g/mol. The molecular formula is C15H24O2S. The van der Waals surface area contributed by atoms with Crippen molar-refractivity contribution in [3.8, 4) is 5.75 Å². The van der Waals surface area contributed by atoms with E-state index in [2.05, 4.69) is 26.8 Å². The molecule has 1 atom stereocenters. The number of hydrogen-bond donors (Lipinski definition) is 1. The average Bonchev–Trinajstić information content (AvgIpc) is 2.23. The van der Waals surface area contributed by atoms with E-state index >= 15 is 0 Å². The predicted octanol–water partition coefficient (Wildman–Crippen LogP) is 3.88. The Morgan fingerprint density at radius 2 is 1.89 bits per heavy atom. The summed E-state index contributed by atoms with van der Waals surface area (Å²) in [6.45, 7) is 10.5. The van der Waals surface area contributed by atoms with Crippen molar-refractivity contribution in [2.24, 2.45) is 0 Å². The number of ether oxygens (including phenoxy) is 1. The standard InChI is InChI=1S/C15H24O2S/c1-10-7-11(2)14(13(8-10)17-6)12(16)9-18-15(3,4)5/h7-8,12,16H,9H2,1-6H3. The molecule has 3 heteroatoms. The third-order valence-electron chi connectivity index (χ3n) is 2.72. The summed E-state index contributed by atoms with van der Waals surface area (Å²) >= 11 is 1.76. The van der Waals surface area contributed by atoms with E-state index in [1.54, 1.807) is 18.9 Å². The third-order valence-corrected chi connectivity index (χ3v) is 4.07. The van der Waals surface area contributed by atoms with Gasteiger partial charge in [0.2, 0.25) is 0 Å². The van der Waals surface area contributed by atoms with Crippen LogP contribution in [0.2, 0.25) is 0 Å². The van der Waals surface area contributed by atoms with E-state index in [4.69, 9.17) is 4.74 Å². The van der Waals surface area contributed by atoms with E-state index in [-0.39, 0.29) is 4.75 Å². The highest BCUT2D eigenvalue weighted by molar-refractivity contribution is 8.00. The van der Waals surface area contributed by atoms with Crippen LogP contribution in [-0.2, 0) is 0 Å². The van der Waals surface area contributed by atoms with Crippen LogP contribution in [-0.4, -0.2) is 22.7 Å². The van der Waals surface area contributed by atoms with Gasteiger partial charge < -0.3 is 9.84 Å². The lowest BCUT2D eigenvalue weighted by Gasteiger charge is -2.22. The molecule has 0 aliphatic carbocycles. The number of benzene rings is 1. The van der Waals surface area contributed by atoms with Crippen molar-refractivity contribution in [3.05, 3.63) is 28.8 Å². The van der Waals surface area contributed by atoms with Crippen molar-refractivity contribution in [1.29, 1.82) is 0 Å². The molecule has 0 fully saturated rings. The fraction of sp³-hybridized carbons (Fsp3) is 0.600. The fourth-order valence-electron chi connectivity index (χ4n) is 1.95. The first kappa shape index (κ1) is 15.4. The molecule has 0 heterocycles. The molecule has 102 valence electrons. The molecule has 0 saturated heterocycles. The molecule has 18 heavy (non-hydrogen) atoms. The van der Waals surface area contributed by atoms with Crippen LogP contribution in [0.15, 0.2) is 12.1 Å². The Labute approximate surface area is 115 Å². The van der Waals surface area contributed by atoms with E-state index in [1.807, 2.05) is 19.9 Å². The van der Waals surface area contributed by atoms with Crippen molar-refractivity contribution < 1.29 is 9.84 Å². The molecule has 0 saturated carbocycles. The van der Waals surface area contributed by atoms with Crippen LogP contribution in [0, 0.1) is 13.8 Å². The van der Waals surface area contributed by atoms with Crippen LogP contribution >= 0.6 is 11.8 Å². The van der Waals surface area contributed by atoms with Gasteiger partial charge in [-0.25, -0.2) is 0 Å². The first-order valence-corrected chi connectivity index (χ1v) is 7.20. The zero-order valence-corrected chi connectivity index (χ0v) is 13.0. The predicted molar refractivity (Wildman–Crippen MR) is 79.6 cm³/mol. The maximum Gasteiger partial charge on any atom is 0.125 e. The van der Waals surface area contributed by atoms with Gasteiger partial charge in [-0.2, -0.15) is 11.8 Å². The van der Waals surface area contributed by atoms with Crippen LogP contribution in [0.5, 0.6) is 5.75 Å². The van der Waals surface area contributed by atoms with Crippen LogP contribution in [0.25, 0.3) is 0 Å². The normalized spacial score (nSPS) is 13.5. The number of aryl methyl sites for hydroxylation is 2. The van der Waals surface area contributed by atoms with Gasteiger partial charge in [-0.3, -0.25) is 0 Å². The van der Waals surface area contributed by atoms with E-state index in [1.165, 1.54) is 0 Å². The maximum absolute atomic E-state index is 10.4. The number of rotatable bonds is 4. The molecule has 0 spiro atoms. The SMILES string of the molecule is COc1cc(C)cc(C)c1C(O)CSC(C)(C)C. The first-order valence-electron chi connectivity index (χ1n) is 6.21. The fourth-order valence-corrected chi connectivity index (χ4v) is 2.77. The van der Waals surface area contributed by atoms with Gasteiger partial charge in [0, 0.05) is 16.1 Å². The van der Waals surface area contributed by atoms with Crippen molar-refractivity contribution in [1.82, 2.24) is 0 Å². The molecule has 1 unspecified atom stereocenters. The number of aliphatic hydroxyl groups excluding tert-OH is 1. The lowest BCUT2D eigenvalue weighted by atomic mass is 10.0. The first-order chi connectivity index (χ1) is 8.24. The molecule has 0 amide bonds. The maximum atomic E-state index is 10.4. The van der Waals surface area contributed by atoms with Crippen molar-refractivity contribution in [3.63, 3.8) is 0 Å². The molecular weight excluding hydrogens is 244 g/mol. The van der Waals surface area contributed by atoms with Gasteiger partial charge in [-0.05, 0) is 31.0 Å². The van der Waals surface area contributed by atoms with Crippen LogP contribution in [0.4, 0.5) is 0 Å². The summed E-state index contributed by atoms with van der Waals surface area (Å²) in [5, 5.41) is 10.4. The van der Waals surface area contributed by atoms with Gasteiger partial charge in [0.05, 0.1) is 13.2 Å². The minimum atomic E-state index is -0.482. The van der Waals surface area contributed by atoms with Crippen molar-refractivity contribution >= 4 is 11.8 Å². The quantitative estimate of drug-likeness (QED) is 0.898. The summed E-state index contributed by atoms with van der Waals surface area (Å²) in [6, 6.07) is 4.07. The van der Waals surface area contributed by atoms with Gasteiger partial charge in [0.25, 0.3) is 0 Å². The molecule has 0 aliphatic rings. The highest BCUT2D eigenvalue weighted by atomic mass is 32.2. The number of methoxy groups -OCH3 is 1. The molecule has 2 nitrogen and oxygen atoms in total. The Morgan fingerprint density at radius 3 is 2.39 bits per heavy atom. The Hall–Kier alpha value is -0.670. The van der Waals surface area contributed by atoms with Gasteiger partial charge in [0.15, 0.2) is 0 Å². The van der Waals surface area contributed by atoms with Gasteiger partial charge in [-0.1, -0.05) is 26.8 Å². The van der Waals surface area contributed by atoms with Crippen molar-refractivity contribution in [2.45, 2.75) is 45.5 Å². The minimum Gasteiger partial charge on any atom is -0.496 e. The molecule has 1 aromatic carbocycles. The Bertz CT molecular complexity index is 408. The molecule has 0 aliphatic heterocycles. The second kappa shape index (κ2) is 5.98. The molecule has 1 N–H and O–H groups in total. The molecule has 0 radical (unpaired) electrons. The zero-order chi connectivity index (χ0) is 13.9. The second-order valence-electron chi connectivity index (χ2n) is 5.64. The monoisotopic (exact) mass is 268 g/mol. The summed E-state index contributed by atoms with van der Waals surface area (Å²) < 4.78 is 5.55. The third kappa shape index (κ3) is 4.21. The van der Waals surface area contributed by atoms with Gasteiger partial charge >= 0.3 is 0 Å².